The van der Waals surface area contributed by atoms with Gasteiger partial charge in [0.15, 0.2) is 11.6 Å². The number of para-hydroxylation sites is 1. The van der Waals surface area contributed by atoms with Crippen molar-refractivity contribution in [2.75, 3.05) is 13.1 Å². The average molecular weight is 219 g/mol. The highest BCUT2D eigenvalue weighted by molar-refractivity contribution is 5.61. The molecule has 0 radical (unpaired) electrons. The molecule has 1 saturated heterocycles. The van der Waals surface area contributed by atoms with E-state index in [2.05, 4.69) is 11.4 Å². The molecule has 2 aliphatic rings. The first kappa shape index (κ1) is 9.85. The zero-order valence-electron chi connectivity index (χ0n) is 9.00. The Labute approximate surface area is 94.1 Å². The Morgan fingerprint density at radius 2 is 2.06 bits per heavy atom. The van der Waals surface area contributed by atoms with E-state index in [1.165, 1.54) is 6.07 Å². The van der Waals surface area contributed by atoms with Crippen molar-refractivity contribution >= 4 is 6.08 Å². The highest BCUT2D eigenvalue weighted by Gasteiger charge is 2.35. The summed E-state index contributed by atoms with van der Waals surface area (Å²) >= 11 is 0. The number of piperidine rings is 1. The Balaban J connectivity index is 1.98. The highest BCUT2D eigenvalue weighted by atomic mass is 19.1. The molecule has 2 nitrogen and oxygen atoms in total. The SMILES string of the molecule is Fc1cccc2c1OC1(C=C2)CCNCC1. The number of fused-ring (bicyclic) bond motifs is 1. The molecular formula is C13H14FNO. The number of ether oxygens (including phenoxy) is 1. The standard InChI is InChI=1S/C13H14FNO/c14-11-3-1-2-10-4-5-13(16-12(10)11)6-8-15-9-7-13/h1-5,15H,6-9H2. The van der Waals surface area contributed by atoms with Crippen LogP contribution < -0.4 is 10.1 Å². The van der Waals surface area contributed by atoms with Gasteiger partial charge >= 0.3 is 0 Å². The van der Waals surface area contributed by atoms with E-state index in [-0.39, 0.29) is 11.4 Å². The molecule has 0 aromatic heterocycles. The molecule has 0 saturated carbocycles. The van der Waals surface area contributed by atoms with Gasteiger partial charge in [-0.15, -0.1) is 0 Å². The second kappa shape index (κ2) is 3.59. The smallest absolute Gasteiger partial charge is 0.165 e. The van der Waals surface area contributed by atoms with Gasteiger partial charge in [0, 0.05) is 18.4 Å². The molecule has 1 aromatic carbocycles. The zero-order chi connectivity index (χ0) is 11.0. The Morgan fingerprint density at radius 1 is 1.25 bits per heavy atom. The Bertz CT molecular complexity index is 436. The van der Waals surface area contributed by atoms with Crippen LogP contribution in [0.1, 0.15) is 18.4 Å². The summed E-state index contributed by atoms with van der Waals surface area (Å²) in [6.45, 7) is 1.85. The minimum atomic E-state index is -0.291. The van der Waals surface area contributed by atoms with E-state index in [4.69, 9.17) is 4.74 Å². The predicted molar refractivity (Wildman–Crippen MR) is 60.9 cm³/mol. The second-order valence-electron chi connectivity index (χ2n) is 4.41. The van der Waals surface area contributed by atoms with Gasteiger partial charge < -0.3 is 10.1 Å². The van der Waals surface area contributed by atoms with Crippen molar-refractivity contribution in [2.45, 2.75) is 18.4 Å². The van der Waals surface area contributed by atoms with Crippen LogP contribution in [0.25, 0.3) is 6.08 Å². The van der Waals surface area contributed by atoms with Gasteiger partial charge in [0.1, 0.15) is 5.60 Å². The molecule has 3 rings (SSSR count). The van der Waals surface area contributed by atoms with Crippen molar-refractivity contribution in [1.29, 1.82) is 0 Å². The first-order valence-corrected chi connectivity index (χ1v) is 5.67. The molecule has 1 N–H and O–H groups in total. The van der Waals surface area contributed by atoms with E-state index in [0.717, 1.165) is 31.5 Å². The van der Waals surface area contributed by atoms with E-state index in [0.29, 0.717) is 5.75 Å². The second-order valence-corrected chi connectivity index (χ2v) is 4.41. The van der Waals surface area contributed by atoms with Crippen molar-refractivity contribution in [3.63, 3.8) is 0 Å². The largest absolute Gasteiger partial charge is 0.479 e. The first-order chi connectivity index (χ1) is 7.79. The Morgan fingerprint density at radius 3 is 2.88 bits per heavy atom. The minimum Gasteiger partial charge on any atom is -0.479 e. The summed E-state index contributed by atoms with van der Waals surface area (Å²) in [5.74, 6) is 0.145. The number of nitrogens with one attached hydrogen (secondary N) is 1. The lowest BCUT2D eigenvalue weighted by atomic mass is 9.89. The fraction of sp³-hybridized carbons (Fsp3) is 0.385. The molecular weight excluding hydrogens is 205 g/mol. The molecule has 0 unspecified atom stereocenters. The van der Waals surface area contributed by atoms with Gasteiger partial charge in [-0.2, -0.15) is 0 Å². The quantitative estimate of drug-likeness (QED) is 0.723. The van der Waals surface area contributed by atoms with Gasteiger partial charge in [0.05, 0.1) is 0 Å². The maximum Gasteiger partial charge on any atom is 0.165 e. The van der Waals surface area contributed by atoms with E-state index >= 15 is 0 Å². The monoisotopic (exact) mass is 219 g/mol. The fourth-order valence-electron chi connectivity index (χ4n) is 2.36. The van der Waals surface area contributed by atoms with Crippen LogP contribution in [0, 0.1) is 5.82 Å². The molecule has 1 aromatic rings. The van der Waals surface area contributed by atoms with Crippen molar-refractivity contribution in [3.05, 3.63) is 35.7 Å². The molecule has 16 heavy (non-hydrogen) atoms. The number of halogens is 1. The molecule has 84 valence electrons. The minimum absolute atomic E-state index is 0.264. The third kappa shape index (κ3) is 1.52. The number of hydrogen-bond acceptors (Lipinski definition) is 2. The van der Waals surface area contributed by atoms with Crippen molar-refractivity contribution < 1.29 is 9.13 Å². The lowest BCUT2D eigenvalue weighted by Gasteiger charge is -2.38. The van der Waals surface area contributed by atoms with Gasteiger partial charge in [-0.3, -0.25) is 0 Å². The summed E-state index contributed by atoms with van der Waals surface area (Å²) < 4.78 is 19.5. The lowest BCUT2D eigenvalue weighted by molar-refractivity contribution is 0.0775. The summed E-state index contributed by atoms with van der Waals surface area (Å²) in [7, 11) is 0. The van der Waals surface area contributed by atoms with Crippen LogP contribution in [0.4, 0.5) is 4.39 Å². The van der Waals surface area contributed by atoms with Crippen LogP contribution in [-0.4, -0.2) is 18.7 Å². The molecule has 2 heterocycles. The third-order valence-electron chi connectivity index (χ3n) is 3.32. The van der Waals surface area contributed by atoms with Gasteiger partial charge in [-0.1, -0.05) is 18.2 Å². The molecule has 0 atom stereocenters. The van der Waals surface area contributed by atoms with Crippen LogP contribution in [-0.2, 0) is 0 Å². The molecule has 0 aliphatic carbocycles. The summed E-state index contributed by atoms with van der Waals surface area (Å²) in [5, 5.41) is 3.29. The summed E-state index contributed by atoms with van der Waals surface area (Å²) in [5.41, 5.74) is 0.546. The third-order valence-corrected chi connectivity index (χ3v) is 3.32. The molecule has 0 bridgehead atoms. The number of rotatable bonds is 0. The zero-order valence-corrected chi connectivity index (χ0v) is 9.00. The molecule has 1 spiro atoms. The van der Waals surface area contributed by atoms with Crippen LogP contribution >= 0.6 is 0 Å². The van der Waals surface area contributed by atoms with Crippen molar-refractivity contribution in [1.82, 2.24) is 5.32 Å². The number of hydrogen-bond donors (Lipinski definition) is 1. The lowest BCUT2D eigenvalue weighted by Crippen LogP contribution is -2.45. The normalized spacial score (nSPS) is 21.6. The van der Waals surface area contributed by atoms with Gasteiger partial charge in [0.2, 0.25) is 0 Å². The maximum absolute atomic E-state index is 13.6. The summed E-state index contributed by atoms with van der Waals surface area (Å²) in [4.78, 5) is 0. The predicted octanol–water partition coefficient (Wildman–Crippen LogP) is 2.35. The molecule has 2 aliphatic heterocycles. The van der Waals surface area contributed by atoms with Gasteiger partial charge in [-0.05, 0) is 25.2 Å². The molecule has 0 amide bonds. The van der Waals surface area contributed by atoms with Gasteiger partial charge in [0.25, 0.3) is 0 Å². The van der Waals surface area contributed by atoms with Crippen LogP contribution in [0.5, 0.6) is 5.75 Å². The fourth-order valence-corrected chi connectivity index (χ4v) is 2.36. The van der Waals surface area contributed by atoms with Crippen LogP contribution in [0.2, 0.25) is 0 Å². The highest BCUT2D eigenvalue weighted by Crippen LogP contribution is 2.37. The maximum atomic E-state index is 13.6. The first-order valence-electron chi connectivity index (χ1n) is 5.67. The van der Waals surface area contributed by atoms with E-state index in [1.54, 1.807) is 6.07 Å². The Kier molecular flexibility index (Phi) is 2.21. The topological polar surface area (TPSA) is 21.3 Å². The summed E-state index contributed by atoms with van der Waals surface area (Å²) in [6, 6.07) is 5.04. The average Bonchev–Trinajstić information content (AvgIpc) is 2.32. The van der Waals surface area contributed by atoms with Gasteiger partial charge in [-0.25, -0.2) is 4.39 Å². The molecule has 3 heteroatoms. The van der Waals surface area contributed by atoms with E-state index < -0.39 is 0 Å². The van der Waals surface area contributed by atoms with E-state index in [1.807, 2.05) is 12.1 Å². The van der Waals surface area contributed by atoms with Crippen molar-refractivity contribution in [3.8, 4) is 5.75 Å². The molecule has 1 fully saturated rings. The number of benzene rings is 1. The summed E-state index contributed by atoms with van der Waals surface area (Å²) in [6.07, 6.45) is 5.86. The van der Waals surface area contributed by atoms with Crippen LogP contribution in [0.3, 0.4) is 0 Å². The van der Waals surface area contributed by atoms with Crippen LogP contribution in [0.15, 0.2) is 24.3 Å². The van der Waals surface area contributed by atoms with Crippen molar-refractivity contribution in [2.24, 2.45) is 0 Å². The Hall–Kier alpha value is -1.35. The van der Waals surface area contributed by atoms with E-state index in [9.17, 15) is 4.39 Å².